The summed E-state index contributed by atoms with van der Waals surface area (Å²) in [4.78, 5) is 20.8. The van der Waals surface area contributed by atoms with Gasteiger partial charge in [-0.05, 0) is 23.6 Å². The summed E-state index contributed by atoms with van der Waals surface area (Å²) in [7, 11) is 0. The van der Waals surface area contributed by atoms with E-state index < -0.39 is 5.82 Å². The van der Waals surface area contributed by atoms with Gasteiger partial charge in [0.1, 0.15) is 5.82 Å². The van der Waals surface area contributed by atoms with Crippen LogP contribution in [0, 0.1) is 5.82 Å². The Balaban J connectivity index is 1.36. The molecule has 6 nitrogen and oxygen atoms in total. The van der Waals surface area contributed by atoms with E-state index in [1.807, 2.05) is 16.8 Å². The molecule has 1 fully saturated rings. The van der Waals surface area contributed by atoms with Crippen LogP contribution in [0.2, 0.25) is 10.0 Å². The first-order valence-electron chi connectivity index (χ1n) is 8.52. The lowest BCUT2D eigenvalue weighted by Crippen LogP contribution is -2.48. The van der Waals surface area contributed by atoms with Crippen molar-refractivity contribution in [3.63, 3.8) is 0 Å². The van der Waals surface area contributed by atoms with Gasteiger partial charge in [-0.2, -0.15) is 16.3 Å². The Morgan fingerprint density at radius 3 is 2.71 bits per heavy atom. The lowest BCUT2D eigenvalue weighted by Gasteiger charge is -2.34. The largest absolute Gasteiger partial charge is 0.338 e. The molecule has 0 unspecified atom stereocenters. The maximum absolute atomic E-state index is 13.7. The molecule has 0 bridgehead atoms. The van der Waals surface area contributed by atoms with Gasteiger partial charge in [-0.25, -0.2) is 4.39 Å². The first-order chi connectivity index (χ1) is 13.5. The number of hydrogen-bond donors (Lipinski definition) is 0. The fourth-order valence-corrected chi connectivity index (χ4v) is 4.08. The van der Waals surface area contributed by atoms with Gasteiger partial charge >= 0.3 is 0 Å². The van der Waals surface area contributed by atoms with E-state index in [2.05, 4.69) is 15.0 Å². The van der Waals surface area contributed by atoms with Crippen molar-refractivity contribution in [3.8, 4) is 11.4 Å². The average Bonchev–Trinajstić information content (AvgIpc) is 3.36. The summed E-state index contributed by atoms with van der Waals surface area (Å²) in [6, 6.07) is 4.28. The van der Waals surface area contributed by atoms with E-state index in [1.54, 1.807) is 16.2 Å². The van der Waals surface area contributed by atoms with E-state index in [9.17, 15) is 9.18 Å². The molecule has 0 saturated carbocycles. The van der Waals surface area contributed by atoms with Gasteiger partial charge in [0.15, 0.2) is 0 Å². The number of carbonyl (C=O) groups is 1. The first-order valence-corrected chi connectivity index (χ1v) is 10.2. The molecule has 10 heteroatoms. The quantitative estimate of drug-likeness (QED) is 0.568. The topological polar surface area (TPSA) is 62.5 Å². The molecular formula is C18H15Cl2FN4O2S. The Labute approximate surface area is 174 Å². The number of amides is 1. The lowest BCUT2D eigenvalue weighted by molar-refractivity contribution is 0.0615. The first kappa shape index (κ1) is 19.3. The number of aromatic nitrogens is 2. The number of halogens is 3. The van der Waals surface area contributed by atoms with Crippen molar-refractivity contribution < 1.29 is 13.7 Å². The molecule has 1 saturated heterocycles. The molecule has 0 spiro atoms. The second-order valence-corrected chi connectivity index (χ2v) is 7.93. The molecule has 1 amide bonds. The normalized spacial score (nSPS) is 15.2. The third-order valence-electron chi connectivity index (χ3n) is 4.51. The van der Waals surface area contributed by atoms with Gasteiger partial charge in [0.05, 0.1) is 22.2 Å². The number of benzene rings is 1. The molecule has 1 aliphatic heterocycles. The van der Waals surface area contributed by atoms with Gasteiger partial charge in [-0.1, -0.05) is 28.4 Å². The van der Waals surface area contributed by atoms with Crippen molar-refractivity contribution in [3.05, 3.63) is 56.3 Å². The fourth-order valence-electron chi connectivity index (χ4n) is 2.99. The average molecular weight is 441 g/mol. The highest BCUT2D eigenvalue weighted by atomic mass is 35.5. The molecule has 28 heavy (non-hydrogen) atoms. The molecule has 0 radical (unpaired) electrons. The highest BCUT2D eigenvalue weighted by molar-refractivity contribution is 7.08. The number of thiophene rings is 1. The van der Waals surface area contributed by atoms with Crippen LogP contribution < -0.4 is 0 Å². The molecule has 0 aliphatic carbocycles. The van der Waals surface area contributed by atoms with Crippen LogP contribution in [0.25, 0.3) is 11.4 Å². The van der Waals surface area contributed by atoms with Crippen LogP contribution in [0.3, 0.4) is 0 Å². The van der Waals surface area contributed by atoms with Gasteiger partial charge in [0.25, 0.3) is 5.91 Å². The summed E-state index contributed by atoms with van der Waals surface area (Å²) in [6.07, 6.45) is 0. The zero-order valence-corrected chi connectivity index (χ0v) is 16.9. The molecule has 3 aromatic rings. The van der Waals surface area contributed by atoms with Gasteiger partial charge in [-0.15, -0.1) is 0 Å². The van der Waals surface area contributed by atoms with Crippen LogP contribution in [-0.4, -0.2) is 52.0 Å². The van der Waals surface area contributed by atoms with Crippen LogP contribution in [0.5, 0.6) is 0 Å². The zero-order chi connectivity index (χ0) is 19.7. The molecule has 4 rings (SSSR count). The van der Waals surface area contributed by atoms with Crippen LogP contribution in [0.15, 0.2) is 33.5 Å². The molecule has 0 N–H and O–H groups in total. The van der Waals surface area contributed by atoms with Crippen molar-refractivity contribution >= 4 is 40.4 Å². The molecule has 1 aromatic carbocycles. The Morgan fingerprint density at radius 1 is 1.21 bits per heavy atom. The summed E-state index contributed by atoms with van der Waals surface area (Å²) in [5.41, 5.74) is 1.05. The summed E-state index contributed by atoms with van der Waals surface area (Å²) in [5.74, 6) is 0.136. The molecular weight excluding hydrogens is 426 g/mol. The van der Waals surface area contributed by atoms with Crippen LogP contribution in [-0.2, 0) is 6.54 Å². The Hall–Kier alpha value is -2.00. The van der Waals surface area contributed by atoms with Crippen molar-refractivity contribution in [1.29, 1.82) is 0 Å². The predicted octanol–water partition coefficient (Wildman–Crippen LogP) is 4.20. The number of carbonyl (C=O) groups excluding carboxylic acids is 1. The summed E-state index contributed by atoms with van der Waals surface area (Å²) in [5, 5.41) is 7.96. The Morgan fingerprint density at radius 2 is 2.00 bits per heavy atom. The minimum Gasteiger partial charge on any atom is -0.338 e. The SMILES string of the molecule is O=C(c1cc(F)c(Cl)cc1Cl)N1CCN(Cc2nc(-c3ccsc3)no2)CC1. The molecule has 2 aromatic heterocycles. The fraction of sp³-hybridized carbons (Fsp3) is 0.278. The van der Waals surface area contributed by atoms with E-state index in [0.717, 1.165) is 11.6 Å². The Bertz CT molecular complexity index is 988. The number of hydrogen-bond acceptors (Lipinski definition) is 6. The van der Waals surface area contributed by atoms with Crippen molar-refractivity contribution in [2.24, 2.45) is 0 Å². The standard InChI is InChI=1S/C18H15Cl2FN4O2S/c19-13-8-14(20)15(21)7-12(13)18(26)25-4-2-24(3-5-25)9-16-22-17(23-27-16)11-1-6-28-10-11/h1,6-8,10H,2-5,9H2. The van der Waals surface area contributed by atoms with E-state index in [4.69, 9.17) is 27.7 Å². The molecule has 0 atom stereocenters. The van der Waals surface area contributed by atoms with Gasteiger partial charge in [0.2, 0.25) is 11.7 Å². The monoisotopic (exact) mass is 440 g/mol. The summed E-state index contributed by atoms with van der Waals surface area (Å²) >= 11 is 13.3. The van der Waals surface area contributed by atoms with Crippen molar-refractivity contribution in [1.82, 2.24) is 19.9 Å². The maximum atomic E-state index is 13.7. The summed E-state index contributed by atoms with van der Waals surface area (Å²) in [6.45, 7) is 2.76. The smallest absolute Gasteiger partial charge is 0.255 e. The second-order valence-electron chi connectivity index (χ2n) is 6.34. The van der Waals surface area contributed by atoms with E-state index >= 15 is 0 Å². The highest BCUT2D eigenvalue weighted by Gasteiger charge is 2.25. The minimum absolute atomic E-state index is 0.104. The third-order valence-corrected chi connectivity index (χ3v) is 5.79. The maximum Gasteiger partial charge on any atom is 0.255 e. The highest BCUT2D eigenvalue weighted by Crippen LogP contribution is 2.26. The predicted molar refractivity (Wildman–Crippen MR) is 105 cm³/mol. The van der Waals surface area contributed by atoms with Crippen molar-refractivity contribution in [2.45, 2.75) is 6.54 Å². The van der Waals surface area contributed by atoms with Crippen LogP contribution in [0.4, 0.5) is 4.39 Å². The van der Waals surface area contributed by atoms with E-state index in [-0.39, 0.29) is 21.5 Å². The molecule has 1 aliphatic rings. The van der Waals surface area contributed by atoms with Crippen LogP contribution >= 0.6 is 34.5 Å². The van der Waals surface area contributed by atoms with Gasteiger partial charge < -0.3 is 9.42 Å². The zero-order valence-electron chi connectivity index (χ0n) is 14.6. The van der Waals surface area contributed by atoms with Crippen molar-refractivity contribution in [2.75, 3.05) is 26.2 Å². The van der Waals surface area contributed by atoms with E-state index in [1.165, 1.54) is 6.07 Å². The van der Waals surface area contributed by atoms with Crippen LogP contribution in [0.1, 0.15) is 16.2 Å². The summed E-state index contributed by atoms with van der Waals surface area (Å²) < 4.78 is 19.0. The third kappa shape index (κ3) is 4.05. The minimum atomic E-state index is -0.661. The lowest BCUT2D eigenvalue weighted by atomic mass is 10.1. The number of nitrogens with zero attached hydrogens (tertiary/aromatic N) is 4. The molecule has 146 valence electrons. The molecule has 3 heterocycles. The van der Waals surface area contributed by atoms with Gasteiger partial charge in [-0.3, -0.25) is 9.69 Å². The number of piperazine rings is 1. The van der Waals surface area contributed by atoms with Gasteiger partial charge in [0, 0.05) is 37.1 Å². The second kappa shape index (κ2) is 8.16. The van der Waals surface area contributed by atoms with E-state index in [0.29, 0.717) is 44.4 Å². The Kier molecular flexibility index (Phi) is 5.63. The number of rotatable bonds is 4.